The molecule has 3 rings (SSSR count). The first-order valence-corrected chi connectivity index (χ1v) is 8.71. The third kappa shape index (κ3) is 5.29. The van der Waals surface area contributed by atoms with E-state index in [1.165, 1.54) is 6.20 Å². The highest BCUT2D eigenvalue weighted by atomic mass is 35.5. The fraction of sp³-hybridized carbons (Fsp3) is 0.150. The zero-order valence-corrected chi connectivity index (χ0v) is 14.9. The van der Waals surface area contributed by atoms with Crippen LogP contribution >= 0.6 is 11.6 Å². The number of halogens is 1. The molecule has 6 heteroatoms. The minimum absolute atomic E-state index is 0.242. The fourth-order valence-electron chi connectivity index (χ4n) is 2.43. The van der Waals surface area contributed by atoms with Crippen LogP contribution in [0.15, 0.2) is 67.0 Å². The SMILES string of the molecule is O=C(NCCc1cccc(Cl)c1)c1cnc(NCc2ccccc2)cn1. The lowest BCUT2D eigenvalue weighted by molar-refractivity contribution is 0.0949. The Balaban J connectivity index is 1.47. The Morgan fingerprint density at radius 2 is 1.77 bits per heavy atom. The van der Waals surface area contributed by atoms with Crippen LogP contribution < -0.4 is 10.6 Å². The number of nitrogens with zero attached hydrogens (tertiary/aromatic N) is 2. The molecular formula is C20H19ClN4O. The number of benzene rings is 2. The molecule has 5 nitrogen and oxygen atoms in total. The Morgan fingerprint density at radius 1 is 0.962 bits per heavy atom. The van der Waals surface area contributed by atoms with Crippen molar-refractivity contribution in [3.05, 3.63) is 88.8 Å². The van der Waals surface area contributed by atoms with E-state index in [0.29, 0.717) is 36.0 Å². The topological polar surface area (TPSA) is 66.9 Å². The number of rotatable bonds is 7. The number of carbonyl (C=O) groups excluding carboxylic acids is 1. The normalized spacial score (nSPS) is 10.3. The Morgan fingerprint density at radius 3 is 2.50 bits per heavy atom. The molecule has 0 atom stereocenters. The summed E-state index contributed by atoms with van der Waals surface area (Å²) in [6, 6.07) is 17.6. The Kier molecular flexibility index (Phi) is 6.17. The van der Waals surface area contributed by atoms with Crippen LogP contribution in [-0.2, 0) is 13.0 Å². The zero-order valence-electron chi connectivity index (χ0n) is 14.2. The van der Waals surface area contributed by atoms with Gasteiger partial charge in [-0.25, -0.2) is 9.97 Å². The molecule has 0 aliphatic carbocycles. The van der Waals surface area contributed by atoms with E-state index < -0.39 is 0 Å². The molecule has 0 aliphatic heterocycles. The largest absolute Gasteiger partial charge is 0.365 e. The molecule has 0 bridgehead atoms. The van der Waals surface area contributed by atoms with Crippen molar-refractivity contribution >= 4 is 23.3 Å². The second-order valence-corrected chi connectivity index (χ2v) is 6.20. The van der Waals surface area contributed by atoms with E-state index in [1.807, 2.05) is 54.6 Å². The van der Waals surface area contributed by atoms with Gasteiger partial charge in [-0.1, -0.05) is 54.1 Å². The second kappa shape index (κ2) is 8.97. The molecule has 1 heterocycles. The number of hydrogen-bond acceptors (Lipinski definition) is 4. The van der Waals surface area contributed by atoms with E-state index in [2.05, 4.69) is 20.6 Å². The molecule has 0 fully saturated rings. The van der Waals surface area contributed by atoms with Crippen LogP contribution in [0.4, 0.5) is 5.82 Å². The highest BCUT2D eigenvalue weighted by Gasteiger charge is 2.07. The minimum Gasteiger partial charge on any atom is -0.365 e. The van der Waals surface area contributed by atoms with Gasteiger partial charge < -0.3 is 10.6 Å². The predicted octanol–water partition coefficient (Wildman–Crippen LogP) is 3.71. The van der Waals surface area contributed by atoms with Gasteiger partial charge in [0, 0.05) is 18.1 Å². The van der Waals surface area contributed by atoms with Gasteiger partial charge in [-0.15, -0.1) is 0 Å². The minimum atomic E-state index is -0.242. The molecule has 0 spiro atoms. The van der Waals surface area contributed by atoms with Gasteiger partial charge in [-0.2, -0.15) is 0 Å². The molecule has 1 amide bonds. The van der Waals surface area contributed by atoms with Gasteiger partial charge in [0.1, 0.15) is 11.5 Å². The number of carbonyl (C=O) groups is 1. The van der Waals surface area contributed by atoms with E-state index in [4.69, 9.17) is 11.6 Å². The van der Waals surface area contributed by atoms with E-state index in [-0.39, 0.29) is 5.91 Å². The number of hydrogen-bond donors (Lipinski definition) is 2. The monoisotopic (exact) mass is 366 g/mol. The molecule has 132 valence electrons. The van der Waals surface area contributed by atoms with Crippen molar-refractivity contribution in [2.75, 3.05) is 11.9 Å². The van der Waals surface area contributed by atoms with Crippen LogP contribution in [0.3, 0.4) is 0 Å². The second-order valence-electron chi connectivity index (χ2n) is 5.76. The molecule has 2 N–H and O–H groups in total. The Bertz CT molecular complexity index is 853. The van der Waals surface area contributed by atoms with Gasteiger partial charge in [0.25, 0.3) is 5.91 Å². The summed E-state index contributed by atoms with van der Waals surface area (Å²) in [6.45, 7) is 1.16. The molecule has 0 saturated heterocycles. The summed E-state index contributed by atoms with van der Waals surface area (Å²) in [6.07, 6.45) is 3.74. The third-order valence-electron chi connectivity index (χ3n) is 3.79. The Labute approximate surface area is 157 Å². The maximum absolute atomic E-state index is 12.1. The predicted molar refractivity (Wildman–Crippen MR) is 103 cm³/mol. The Hall–Kier alpha value is -2.92. The van der Waals surface area contributed by atoms with Gasteiger partial charge in [-0.05, 0) is 29.7 Å². The van der Waals surface area contributed by atoms with Crippen molar-refractivity contribution < 1.29 is 4.79 Å². The van der Waals surface area contributed by atoms with Crippen LogP contribution in [0.5, 0.6) is 0 Å². The molecule has 2 aromatic carbocycles. The maximum Gasteiger partial charge on any atom is 0.271 e. The van der Waals surface area contributed by atoms with E-state index in [1.54, 1.807) is 6.20 Å². The zero-order chi connectivity index (χ0) is 18.2. The van der Waals surface area contributed by atoms with Crippen LogP contribution in [0, 0.1) is 0 Å². The average molecular weight is 367 g/mol. The highest BCUT2D eigenvalue weighted by Crippen LogP contribution is 2.11. The van der Waals surface area contributed by atoms with Crippen molar-refractivity contribution in [2.45, 2.75) is 13.0 Å². The fourth-order valence-corrected chi connectivity index (χ4v) is 2.64. The number of aromatic nitrogens is 2. The molecule has 0 unspecified atom stereocenters. The molecular weight excluding hydrogens is 348 g/mol. The van der Waals surface area contributed by atoms with Gasteiger partial charge >= 0.3 is 0 Å². The number of amides is 1. The smallest absolute Gasteiger partial charge is 0.271 e. The lowest BCUT2D eigenvalue weighted by Gasteiger charge is -2.07. The molecule has 1 aromatic heterocycles. The summed E-state index contributed by atoms with van der Waals surface area (Å²) in [4.78, 5) is 20.5. The lowest BCUT2D eigenvalue weighted by atomic mass is 10.1. The summed E-state index contributed by atoms with van der Waals surface area (Å²) in [5, 5.41) is 6.71. The summed E-state index contributed by atoms with van der Waals surface area (Å²) >= 11 is 5.95. The molecule has 0 saturated carbocycles. The lowest BCUT2D eigenvalue weighted by Crippen LogP contribution is -2.26. The first kappa shape index (κ1) is 17.9. The molecule has 26 heavy (non-hydrogen) atoms. The van der Waals surface area contributed by atoms with E-state index >= 15 is 0 Å². The molecule has 3 aromatic rings. The van der Waals surface area contributed by atoms with Crippen molar-refractivity contribution in [3.8, 4) is 0 Å². The number of nitrogens with one attached hydrogen (secondary N) is 2. The van der Waals surface area contributed by atoms with Gasteiger partial charge in [0.05, 0.1) is 12.4 Å². The van der Waals surface area contributed by atoms with Crippen LogP contribution in [0.2, 0.25) is 5.02 Å². The van der Waals surface area contributed by atoms with Gasteiger partial charge in [0.15, 0.2) is 0 Å². The van der Waals surface area contributed by atoms with Crippen molar-refractivity contribution in [3.63, 3.8) is 0 Å². The van der Waals surface area contributed by atoms with Crippen LogP contribution in [-0.4, -0.2) is 22.4 Å². The first-order valence-electron chi connectivity index (χ1n) is 8.33. The summed E-state index contributed by atoms with van der Waals surface area (Å²) in [5.41, 5.74) is 2.52. The van der Waals surface area contributed by atoms with Gasteiger partial charge in [0.2, 0.25) is 0 Å². The standard InChI is InChI=1S/C20H19ClN4O/c21-17-8-4-7-15(11-17)9-10-22-20(26)18-13-25-19(14-23-18)24-12-16-5-2-1-3-6-16/h1-8,11,13-14H,9-10,12H2,(H,22,26)(H,24,25). The maximum atomic E-state index is 12.1. The van der Waals surface area contributed by atoms with Crippen molar-refractivity contribution in [1.29, 1.82) is 0 Å². The van der Waals surface area contributed by atoms with Gasteiger partial charge in [-0.3, -0.25) is 4.79 Å². The van der Waals surface area contributed by atoms with E-state index in [0.717, 1.165) is 11.1 Å². The van der Waals surface area contributed by atoms with Crippen LogP contribution in [0.25, 0.3) is 0 Å². The third-order valence-corrected chi connectivity index (χ3v) is 4.02. The highest BCUT2D eigenvalue weighted by molar-refractivity contribution is 6.30. The van der Waals surface area contributed by atoms with Crippen LogP contribution in [0.1, 0.15) is 21.6 Å². The molecule has 0 aliphatic rings. The van der Waals surface area contributed by atoms with Crippen molar-refractivity contribution in [2.24, 2.45) is 0 Å². The molecule has 0 radical (unpaired) electrons. The average Bonchev–Trinajstić information content (AvgIpc) is 2.67. The number of anilines is 1. The van der Waals surface area contributed by atoms with Crippen molar-refractivity contribution in [1.82, 2.24) is 15.3 Å². The summed E-state index contributed by atoms with van der Waals surface area (Å²) in [7, 11) is 0. The summed E-state index contributed by atoms with van der Waals surface area (Å²) in [5.74, 6) is 0.387. The summed E-state index contributed by atoms with van der Waals surface area (Å²) < 4.78 is 0. The first-order chi connectivity index (χ1) is 12.7. The van der Waals surface area contributed by atoms with E-state index in [9.17, 15) is 4.79 Å². The quantitative estimate of drug-likeness (QED) is 0.668.